The van der Waals surface area contributed by atoms with Crippen LogP contribution in [0.15, 0.2) is 11.4 Å². The highest BCUT2D eigenvalue weighted by atomic mass is 32.1. The quantitative estimate of drug-likeness (QED) is 0.376. The van der Waals surface area contributed by atoms with E-state index >= 15 is 0 Å². The van der Waals surface area contributed by atoms with E-state index in [4.69, 9.17) is 14.2 Å². The van der Waals surface area contributed by atoms with E-state index in [-0.39, 0.29) is 62.0 Å². The lowest BCUT2D eigenvalue weighted by atomic mass is 9.91. The Hall–Kier alpha value is -3.16. The molecule has 226 valence electrons. The highest BCUT2D eigenvalue weighted by Gasteiger charge is 2.41. The summed E-state index contributed by atoms with van der Waals surface area (Å²) in [7, 11) is 0. The maximum Gasteiger partial charge on any atom is 0.416 e. The van der Waals surface area contributed by atoms with E-state index in [2.05, 4.69) is 15.0 Å². The number of carbonyl (C=O) groups excluding carboxylic acids is 2. The number of rotatable bonds is 6. The van der Waals surface area contributed by atoms with Gasteiger partial charge in [0.1, 0.15) is 29.8 Å². The summed E-state index contributed by atoms with van der Waals surface area (Å²) in [6.45, 7) is 10.2. The number of likely N-dealkylation sites (tertiary alicyclic amines) is 1. The molecule has 3 heterocycles. The normalized spacial score (nSPS) is 18.0. The van der Waals surface area contributed by atoms with Crippen molar-refractivity contribution >= 4 is 29.3 Å². The Morgan fingerprint density at radius 3 is 2.24 bits per heavy atom. The van der Waals surface area contributed by atoms with Gasteiger partial charge in [-0.25, -0.2) is 32.7 Å². The first kappa shape index (κ1) is 30.8. The highest BCUT2D eigenvalue weighted by Crippen LogP contribution is 2.38. The molecule has 2 aromatic heterocycles. The van der Waals surface area contributed by atoms with Gasteiger partial charge in [0.2, 0.25) is 11.8 Å². The molecule has 14 heteroatoms. The Labute approximate surface area is 241 Å². The van der Waals surface area contributed by atoms with Gasteiger partial charge in [-0.15, -0.1) is 11.3 Å². The minimum Gasteiger partial charge on any atom is -0.470 e. The van der Waals surface area contributed by atoms with Crippen LogP contribution in [0.1, 0.15) is 72.9 Å². The Morgan fingerprint density at radius 1 is 1.05 bits per heavy atom. The molecule has 0 aromatic carbocycles. The molecule has 2 amide bonds. The number of hydrogen-bond donors (Lipinski definition) is 0. The summed E-state index contributed by atoms with van der Waals surface area (Å²) in [6.07, 6.45) is -2.31. The Balaban J connectivity index is 1.65. The number of thiazole rings is 1. The van der Waals surface area contributed by atoms with Crippen LogP contribution in [0.3, 0.4) is 0 Å². The minimum absolute atomic E-state index is 0.0402. The second-order valence-corrected chi connectivity index (χ2v) is 13.1. The van der Waals surface area contributed by atoms with Crippen LogP contribution >= 0.6 is 11.3 Å². The minimum atomic E-state index is -2.81. The number of halogens is 3. The third-order valence-electron chi connectivity index (χ3n) is 6.25. The molecule has 2 fully saturated rings. The van der Waals surface area contributed by atoms with Gasteiger partial charge in [0, 0.05) is 30.3 Å². The van der Waals surface area contributed by atoms with Crippen LogP contribution in [0.4, 0.5) is 28.6 Å². The van der Waals surface area contributed by atoms with E-state index in [9.17, 15) is 22.8 Å². The molecule has 1 saturated carbocycles. The third kappa shape index (κ3) is 8.20. The van der Waals surface area contributed by atoms with E-state index in [1.54, 1.807) is 41.5 Å². The third-order valence-corrected chi connectivity index (χ3v) is 7.13. The molecule has 0 atom stereocenters. The molecule has 0 unspecified atom stereocenters. The fraction of sp³-hybridized carbons (Fsp3) is 0.667. The molecular weight excluding hydrogens is 563 g/mol. The molecule has 0 N–H and O–H groups in total. The van der Waals surface area contributed by atoms with Crippen LogP contribution in [0.5, 0.6) is 5.88 Å². The lowest BCUT2D eigenvalue weighted by Crippen LogP contribution is -2.57. The van der Waals surface area contributed by atoms with Gasteiger partial charge in [0.15, 0.2) is 10.8 Å². The number of hydrogen-bond acceptors (Lipinski definition) is 9. The molecule has 0 radical (unpaired) electrons. The zero-order valence-electron chi connectivity index (χ0n) is 24.1. The van der Waals surface area contributed by atoms with Gasteiger partial charge in [-0.3, -0.25) is 4.90 Å². The largest absolute Gasteiger partial charge is 0.470 e. The summed E-state index contributed by atoms with van der Waals surface area (Å²) in [5.41, 5.74) is -1.29. The van der Waals surface area contributed by atoms with E-state index in [0.29, 0.717) is 5.01 Å². The first-order chi connectivity index (χ1) is 19.0. The first-order valence-electron chi connectivity index (χ1n) is 13.5. The second kappa shape index (κ2) is 11.6. The molecule has 1 saturated heterocycles. The van der Waals surface area contributed by atoms with Crippen molar-refractivity contribution in [3.05, 3.63) is 17.1 Å². The lowest BCUT2D eigenvalue weighted by Gasteiger charge is -2.39. The Bertz CT molecular complexity index is 1250. The van der Waals surface area contributed by atoms with Crippen LogP contribution in [-0.2, 0) is 16.1 Å². The predicted molar refractivity (Wildman–Crippen MR) is 146 cm³/mol. The fourth-order valence-electron chi connectivity index (χ4n) is 4.35. The summed E-state index contributed by atoms with van der Waals surface area (Å²) in [5, 5.41) is 1.83. The standard InChI is InChI=1S/C27H36F3N5O5S/c1-25(2,3)39-23(36)34-13-18(14-34)38-20-11-19(32-21(33-20)22-31-16(12-28)15-41-22)35(24(37)40-26(4,5)6)17-7-9-27(29,30)10-8-17/h11,15,17-18H,7-10,12-14H2,1-6H3. The van der Waals surface area contributed by atoms with Crippen molar-refractivity contribution in [1.82, 2.24) is 19.9 Å². The van der Waals surface area contributed by atoms with Gasteiger partial charge in [-0.1, -0.05) is 0 Å². The Morgan fingerprint density at radius 2 is 1.68 bits per heavy atom. The van der Waals surface area contributed by atoms with Gasteiger partial charge in [0.25, 0.3) is 0 Å². The average molecular weight is 600 g/mol. The monoisotopic (exact) mass is 599 g/mol. The molecule has 1 aliphatic heterocycles. The molecule has 0 bridgehead atoms. The summed E-state index contributed by atoms with van der Waals surface area (Å²) in [5.74, 6) is -2.55. The van der Waals surface area contributed by atoms with Gasteiger partial charge in [0.05, 0.1) is 18.8 Å². The van der Waals surface area contributed by atoms with Gasteiger partial charge in [-0.05, 0) is 54.4 Å². The molecule has 41 heavy (non-hydrogen) atoms. The summed E-state index contributed by atoms with van der Waals surface area (Å²) in [4.78, 5) is 41.7. The number of nitrogens with zero attached hydrogens (tertiary/aromatic N) is 5. The van der Waals surface area contributed by atoms with Gasteiger partial charge in [-0.2, -0.15) is 4.98 Å². The molecule has 0 spiro atoms. The number of alkyl halides is 3. The number of anilines is 1. The molecular formula is C27H36F3N5O5S. The van der Waals surface area contributed by atoms with E-state index in [1.807, 2.05) is 0 Å². The van der Waals surface area contributed by atoms with Gasteiger partial charge < -0.3 is 19.1 Å². The van der Waals surface area contributed by atoms with Crippen LogP contribution in [-0.4, -0.2) is 74.4 Å². The van der Waals surface area contributed by atoms with E-state index in [0.717, 1.165) is 11.3 Å². The van der Waals surface area contributed by atoms with Crippen molar-refractivity contribution in [2.24, 2.45) is 0 Å². The highest BCUT2D eigenvalue weighted by molar-refractivity contribution is 7.13. The fourth-order valence-corrected chi connectivity index (χ4v) is 5.08. The predicted octanol–water partition coefficient (Wildman–Crippen LogP) is 6.39. The van der Waals surface area contributed by atoms with E-state index in [1.165, 1.54) is 21.2 Å². The maximum absolute atomic E-state index is 14.0. The first-order valence-corrected chi connectivity index (χ1v) is 14.3. The summed E-state index contributed by atoms with van der Waals surface area (Å²) < 4.78 is 58.4. The molecule has 2 aromatic rings. The van der Waals surface area contributed by atoms with Crippen molar-refractivity contribution in [2.75, 3.05) is 18.0 Å². The van der Waals surface area contributed by atoms with Gasteiger partial charge >= 0.3 is 12.2 Å². The maximum atomic E-state index is 14.0. The number of carbonyl (C=O) groups is 2. The smallest absolute Gasteiger partial charge is 0.416 e. The zero-order chi connectivity index (χ0) is 30.2. The molecule has 2 aliphatic rings. The van der Waals surface area contributed by atoms with Crippen LogP contribution in [0, 0.1) is 0 Å². The van der Waals surface area contributed by atoms with Crippen LogP contribution < -0.4 is 9.64 Å². The summed E-state index contributed by atoms with van der Waals surface area (Å²) in [6, 6.07) is 0.837. The zero-order valence-corrected chi connectivity index (χ0v) is 24.9. The molecule has 4 rings (SSSR count). The number of ether oxygens (including phenoxy) is 3. The molecule has 10 nitrogen and oxygen atoms in total. The van der Waals surface area contributed by atoms with Crippen molar-refractivity contribution in [3.63, 3.8) is 0 Å². The number of amides is 2. The van der Waals surface area contributed by atoms with Crippen molar-refractivity contribution < 1.29 is 37.0 Å². The van der Waals surface area contributed by atoms with Crippen molar-refractivity contribution in [2.45, 2.75) is 103 Å². The summed E-state index contributed by atoms with van der Waals surface area (Å²) >= 11 is 1.12. The topological polar surface area (TPSA) is 107 Å². The van der Waals surface area contributed by atoms with Crippen molar-refractivity contribution in [1.29, 1.82) is 0 Å². The van der Waals surface area contributed by atoms with Crippen LogP contribution in [0.2, 0.25) is 0 Å². The lowest BCUT2D eigenvalue weighted by molar-refractivity contribution is -0.0388. The SMILES string of the molecule is CC(C)(C)OC(=O)N1CC(Oc2cc(N(C(=O)OC(C)(C)C)C3CCC(F)(F)CC3)nc(-c3nc(CF)cs3)n2)C1. The Kier molecular flexibility index (Phi) is 8.72. The van der Waals surface area contributed by atoms with Crippen LogP contribution in [0.25, 0.3) is 10.8 Å². The second-order valence-electron chi connectivity index (χ2n) is 12.2. The van der Waals surface area contributed by atoms with E-state index < -0.39 is 48.1 Å². The molecule has 1 aliphatic carbocycles. The van der Waals surface area contributed by atoms with Crippen molar-refractivity contribution in [3.8, 4) is 16.7 Å². The number of aromatic nitrogens is 3. The average Bonchev–Trinajstić information content (AvgIpc) is 3.29.